The van der Waals surface area contributed by atoms with Crippen LogP contribution in [0.2, 0.25) is 0 Å². The van der Waals surface area contributed by atoms with Crippen molar-refractivity contribution in [3.63, 3.8) is 0 Å². The topological polar surface area (TPSA) is 26.3 Å². The number of carbonyl (C=O) groups excluding carboxylic acids is 1. The maximum Gasteiger partial charge on any atom is 0.217 e. The van der Waals surface area contributed by atoms with Gasteiger partial charge in [-0.3, -0.25) is 4.79 Å². The summed E-state index contributed by atoms with van der Waals surface area (Å²) in [5, 5.41) is 2.19. The summed E-state index contributed by atoms with van der Waals surface area (Å²) >= 11 is 1.43. The van der Waals surface area contributed by atoms with Crippen LogP contribution < -0.4 is 4.74 Å². The number of benzene rings is 2. The Balaban J connectivity index is 2.22. The molecule has 1 aliphatic heterocycles. The van der Waals surface area contributed by atoms with Crippen LogP contribution >= 0.6 is 11.8 Å². The number of fused-ring (bicyclic) bond motifs is 2. The zero-order valence-corrected chi connectivity index (χ0v) is 9.58. The van der Waals surface area contributed by atoms with Crippen molar-refractivity contribution in [2.24, 2.45) is 0 Å². The Bertz CT molecular complexity index is 577. The van der Waals surface area contributed by atoms with E-state index in [0.29, 0.717) is 11.3 Å². The Hall–Kier alpha value is -1.48. The van der Waals surface area contributed by atoms with E-state index >= 15 is 0 Å². The van der Waals surface area contributed by atoms with E-state index in [9.17, 15) is 4.79 Å². The molecule has 0 bridgehead atoms. The van der Waals surface area contributed by atoms with Crippen molar-refractivity contribution >= 4 is 28.3 Å². The molecule has 0 aromatic heterocycles. The van der Waals surface area contributed by atoms with Gasteiger partial charge in [0.15, 0.2) is 0 Å². The summed E-state index contributed by atoms with van der Waals surface area (Å²) < 4.78 is 5.59. The Labute approximate surface area is 97.6 Å². The normalized spacial score (nSPS) is 18.6. The van der Waals surface area contributed by atoms with Gasteiger partial charge in [0.25, 0.3) is 0 Å². The van der Waals surface area contributed by atoms with Crippen molar-refractivity contribution in [3.8, 4) is 5.75 Å². The number of rotatable bonds is 1. The van der Waals surface area contributed by atoms with E-state index in [1.807, 2.05) is 42.7 Å². The van der Waals surface area contributed by atoms with Gasteiger partial charge in [-0.2, -0.15) is 0 Å². The highest BCUT2D eigenvalue weighted by Crippen LogP contribution is 2.35. The number of hydrogen-bond acceptors (Lipinski definition) is 3. The zero-order valence-electron chi connectivity index (χ0n) is 8.77. The van der Waals surface area contributed by atoms with Crippen LogP contribution in [0.25, 0.3) is 10.8 Å². The maximum atomic E-state index is 11.9. The highest BCUT2D eigenvalue weighted by Gasteiger charge is 2.31. The van der Waals surface area contributed by atoms with Gasteiger partial charge in [-0.25, -0.2) is 0 Å². The Kier molecular flexibility index (Phi) is 2.14. The number of ketones is 1. The lowest BCUT2D eigenvalue weighted by atomic mass is 10.0. The molecule has 0 fully saturated rings. The molecule has 3 heteroatoms. The predicted molar refractivity (Wildman–Crippen MR) is 66.2 cm³/mol. The largest absolute Gasteiger partial charge is 0.471 e. The summed E-state index contributed by atoms with van der Waals surface area (Å²) in [5.74, 6) is 0.788. The maximum absolute atomic E-state index is 11.9. The van der Waals surface area contributed by atoms with Crippen LogP contribution in [0.4, 0.5) is 0 Å². The molecule has 0 radical (unpaired) electrons. The van der Waals surface area contributed by atoms with Gasteiger partial charge in [-0.05, 0) is 29.2 Å². The number of Topliss-reactive ketones (excluding diaryl/α,β-unsaturated/α-hetero) is 1. The van der Waals surface area contributed by atoms with Gasteiger partial charge >= 0.3 is 0 Å². The molecular formula is C13H10O2S. The summed E-state index contributed by atoms with van der Waals surface area (Å²) in [5.41, 5.74) is 0.338. The highest BCUT2D eigenvalue weighted by molar-refractivity contribution is 7.99. The van der Waals surface area contributed by atoms with Gasteiger partial charge in [0.2, 0.25) is 11.2 Å². The summed E-state index contributed by atoms with van der Waals surface area (Å²) in [6.45, 7) is 0. The average Bonchev–Trinajstić information content (AvgIpc) is 2.63. The molecule has 0 saturated carbocycles. The number of thioether (sulfide) groups is 1. The fraction of sp³-hybridized carbons (Fsp3) is 0.154. The van der Waals surface area contributed by atoms with E-state index in [-0.39, 0.29) is 11.2 Å². The molecule has 2 aromatic carbocycles. The summed E-state index contributed by atoms with van der Waals surface area (Å²) in [6.07, 6.45) is 1.88. The molecule has 1 aliphatic rings. The molecule has 0 aliphatic carbocycles. The Morgan fingerprint density at radius 3 is 2.56 bits per heavy atom. The van der Waals surface area contributed by atoms with Gasteiger partial charge in [-0.1, -0.05) is 24.3 Å². The lowest BCUT2D eigenvalue weighted by Gasteiger charge is -2.04. The summed E-state index contributed by atoms with van der Waals surface area (Å²) in [6, 6.07) is 11.9. The van der Waals surface area contributed by atoms with Crippen molar-refractivity contribution in [1.29, 1.82) is 0 Å². The minimum atomic E-state index is -0.369. The third kappa shape index (κ3) is 1.32. The van der Waals surface area contributed by atoms with Crippen molar-refractivity contribution in [3.05, 3.63) is 42.0 Å². The molecule has 3 rings (SSSR count). The number of carbonyl (C=O) groups is 1. The van der Waals surface area contributed by atoms with Gasteiger partial charge < -0.3 is 4.74 Å². The lowest BCUT2D eigenvalue weighted by Crippen LogP contribution is -2.14. The van der Waals surface area contributed by atoms with E-state index in [4.69, 9.17) is 4.74 Å². The second-order valence-corrected chi connectivity index (χ2v) is 4.64. The van der Waals surface area contributed by atoms with Crippen LogP contribution in [0.5, 0.6) is 5.75 Å². The van der Waals surface area contributed by atoms with E-state index in [1.54, 1.807) is 0 Å². The van der Waals surface area contributed by atoms with Crippen molar-refractivity contribution in [2.45, 2.75) is 5.44 Å². The van der Waals surface area contributed by atoms with E-state index in [0.717, 1.165) is 10.8 Å². The molecule has 1 heterocycles. The zero-order chi connectivity index (χ0) is 11.1. The van der Waals surface area contributed by atoms with Crippen LogP contribution in [0.3, 0.4) is 0 Å². The molecule has 0 N–H and O–H groups in total. The van der Waals surface area contributed by atoms with E-state index in [1.165, 1.54) is 11.8 Å². The van der Waals surface area contributed by atoms with E-state index in [2.05, 4.69) is 0 Å². The highest BCUT2D eigenvalue weighted by atomic mass is 32.2. The first-order chi connectivity index (χ1) is 7.79. The fourth-order valence-corrected chi connectivity index (χ4v) is 2.50. The van der Waals surface area contributed by atoms with Crippen LogP contribution in [0.15, 0.2) is 36.4 Å². The second kappa shape index (κ2) is 3.52. The van der Waals surface area contributed by atoms with Gasteiger partial charge in [0.1, 0.15) is 5.75 Å². The first-order valence-corrected chi connectivity index (χ1v) is 6.35. The smallest absolute Gasteiger partial charge is 0.217 e. The minimum Gasteiger partial charge on any atom is -0.471 e. The predicted octanol–water partition coefficient (Wildman–Crippen LogP) is 3.10. The molecular weight excluding hydrogens is 220 g/mol. The number of ether oxygens (including phenoxy) is 1. The van der Waals surface area contributed by atoms with Crippen molar-refractivity contribution < 1.29 is 9.53 Å². The van der Waals surface area contributed by atoms with Crippen LogP contribution in [-0.4, -0.2) is 17.5 Å². The molecule has 0 spiro atoms. The van der Waals surface area contributed by atoms with Crippen LogP contribution in [0, 0.1) is 0 Å². The molecule has 1 atom stereocenters. The third-order valence-corrected chi connectivity index (χ3v) is 3.51. The fourth-order valence-electron chi connectivity index (χ4n) is 1.96. The monoisotopic (exact) mass is 230 g/mol. The molecule has 2 nitrogen and oxygen atoms in total. The quantitative estimate of drug-likeness (QED) is 0.753. The van der Waals surface area contributed by atoms with Crippen LogP contribution in [-0.2, 0) is 0 Å². The molecule has 80 valence electrons. The molecule has 1 unspecified atom stereocenters. The molecule has 0 amide bonds. The SMILES string of the molecule is CSC1Oc2cc3ccccc3cc2C1=O. The molecule has 16 heavy (non-hydrogen) atoms. The minimum absolute atomic E-state index is 0.0771. The summed E-state index contributed by atoms with van der Waals surface area (Å²) in [7, 11) is 0. The summed E-state index contributed by atoms with van der Waals surface area (Å²) in [4.78, 5) is 11.9. The first-order valence-electron chi connectivity index (χ1n) is 5.06. The van der Waals surface area contributed by atoms with Gasteiger partial charge in [0.05, 0.1) is 5.56 Å². The average molecular weight is 230 g/mol. The van der Waals surface area contributed by atoms with Crippen molar-refractivity contribution in [1.82, 2.24) is 0 Å². The third-order valence-electron chi connectivity index (χ3n) is 2.78. The molecule has 2 aromatic rings. The van der Waals surface area contributed by atoms with Crippen LogP contribution in [0.1, 0.15) is 10.4 Å². The Morgan fingerprint density at radius 2 is 1.88 bits per heavy atom. The Morgan fingerprint density at radius 1 is 1.19 bits per heavy atom. The van der Waals surface area contributed by atoms with Gasteiger partial charge in [0, 0.05) is 0 Å². The van der Waals surface area contributed by atoms with Gasteiger partial charge in [-0.15, -0.1) is 11.8 Å². The second-order valence-electron chi connectivity index (χ2n) is 3.75. The van der Waals surface area contributed by atoms with Crippen molar-refractivity contribution in [2.75, 3.05) is 6.26 Å². The van der Waals surface area contributed by atoms with E-state index < -0.39 is 0 Å². The first kappa shape index (κ1) is 9.73. The number of hydrogen-bond donors (Lipinski definition) is 0. The lowest BCUT2D eigenvalue weighted by molar-refractivity contribution is 0.0938. The molecule has 0 saturated heterocycles. The standard InChI is InChI=1S/C13H10O2S/c1-16-13-12(14)10-6-8-4-2-3-5-9(8)7-11(10)15-13/h2-7,13H,1H3.